The minimum Gasteiger partial charge on any atom is -0.387 e. The summed E-state index contributed by atoms with van der Waals surface area (Å²) in [5, 5.41) is 0. The summed E-state index contributed by atoms with van der Waals surface area (Å²) in [5.74, 6) is 0.828. The number of aliphatic imine (C=N–C) groups is 1. The lowest BCUT2D eigenvalue weighted by molar-refractivity contribution is 0.674. The molecule has 12 heavy (non-hydrogen) atoms. The van der Waals surface area contributed by atoms with Gasteiger partial charge in [-0.05, 0) is 12.8 Å². The van der Waals surface area contributed by atoms with Gasteiger partial charge in [0.05, 0.1) is 5.84 Å². The average molecular weight is 170 g/mol. The molecule has 72 valence electrons. The largest absolute Gasteiger partial charge is 0.387 e. The number of hydrogen-bond acceptors (Lipinski definition) is 1. The summed E-state index contributed by atoms with van der Waals surface area (Å²) in [7, 11) is 0. The third kappa shape index (κ3) is 7.58. The van der Waals surface area contributed by atoms with Crippen LogP contribution in [0.1, 0.15) is 52.4 Å². The highest BCUT2D eigenvalue weighted by Crippen LogP contribution is 1.99. The van der Waals surface area contributed by atoms with Crippen molar-refractivity contribution in [3.63, 3.8) is 0 Å². The first-order valence-corrected chi connectivity index (χ1v) is 5.10. The van der Waals surface area contributed by atoms with Crippen LogP contribution >= 0.6 is 0 Å². The number of nitrogens with zero attached hydrogens (tertiary/aromatic N) is 1. The van der Waals surface area contributed by atoms with Crippen LogP contribution in [0.25, 0.3) is 0 Å². The van der Waals surface area contributed by atoms with E-state index in [1.54, 1.807) is 0 Å². The van der Waals surface area contributed by atoms with Crippen LogP contribution in [0.5, 0.6) is 0 Å². The third-order valence-electron chi connectivity index (χ3n) is 1.83. The van der Waals surface area contributed by atoms with E-state index in [1.807, 2.05) is 0 Å². The number of amidine groups is 1. The third-order valence-corrected chi connectivity index (χ3v) is 1.83. The molecule has 2 heteroatoms. The summed E-state index contributed by atoms with van der Waals surface area (Å²) < 4.78 is 0. The summed E-state index contributed by atoms with van der Waals surface area (Å²) in [4.78, 5) is 4.28. The molecule has 0 atom stereocenters. The van der Waals surface area contributed by atoms with Crippen molar-refractivity contribution >= 4 is 5.84 Å². The smallest absolute Gasteiger partial charge is 0.0936 e. The normalized spacial score (nSPS) is 12.0. The molecule has 2 nitrogen and oxygen atoms in total. The number of hydrogen-bond donors (Lipinski definition) is 1. The van der Waals surface area contributed by atoms with Crippen molar-refractivity contribution in [2.75, 3.05) is 6.54 Å². The standard InChI is InChI=1S/C10H22N2/c1-3-5-6-7-9-12-10(11)8-4-2/h3-9H2,1-2H3,(H2,11,12). The van der Waals surface area contributed by atoms with Gasteiger partial charge in [-0.15, -0.1) is 0 Å². The van der Waals surface area contributed by atoms with Crippen LogP contribution in [0.15, 0.2) is 4.99 Å². The van der Waals surface area contributed by atoms with Gasteiger partial charge in [0.25, 0.3) is 0 Å². The highest BCUT2D eigenvalue weighted by atomic mass is 14.8. The fraction of sp³-hybridized carbons (Fsp3) is 0.900. The molecule has 0 amide bonds. The zero-order valence-corrected chi connectivity index (χ0v) is 8.47. The van der Waals surface area contributed by atoms with Crippen LogP contribution in [0, 0.1) is 0 Å². The molecule has 2 N–H and O–H groups in total. The van der Waals surface area contributed by atoms with Crippen LogP contribution in [0.2, 0.25) is 0 Å². The average Bonchev–Trinajstić information content (AvgIpc) is 2.05. The fourth-order valence-corrected chi connectivity index (χ4v) is 1.10. The first-order valence-electron chi connectivity index (χ1n) is 5.10. The van der Waals surface area contributed by atoms with Gasteiger partial charge >= 0.3 is 0 Å². The molecule has 0 aromatic carbocycles. The van der Waals surface area contributed by atoms with Crippen LogP contribution in [-0.4, -0.2) is 12.4 Å². The maximum atomic E-state index is 5.65. The molecule has 0 aromatic rings. The van der Waals surface area contributed by atoms with Gasteiger partial charge in [0.15, 0.2) is 0 Å². The Morgan fingerprint density at radius 3 is 2.42 bits per heavy atom. The lowest BCUT2D eigenvalue weighted by Gasteiger charge is -1.98. The van der Waals surface area contributed by atoms with Crippen LogP contribution < -0.4 is 5.73 Å². The van der Waals surface area contributed by atoms with E-state index in [-0.39, 0.29) is 0 Å². The van der Waals surface area contributed by atoms with Gasteiger partial charge in [0.2, 0.25) is 0 Å². The van der Waals surface area contributed by atoms with Gasteiger partial charge in [-0.25, -0.2) is 0 Å². The minimum atomic E-state index is 0.828. The first-order chi connectivity index (χ1) is 5.81. The molecular weight excluding hydrogens is 148 g/mol. The van der Waals surface area contributed by atoms with Crippen molar-refractivity contribution in [2.24, 2.45) is 10.7 Å². The Balaban J connectivity index is 3.21. The van der Waals surface area contributed by atoms with Gasteiger partial charge in [0, 0.05) is 13.0 Å². The van der Waals surface area contributed by atoms with Crippen LogP contribution in [0.3, 0.4) is 0 Å². The van der Waals surface area contributed by atoms with Gasteiger partial charge in [-0.1, -0.05) is 33.1 Å². The van der Waals surface area contributed by atoms with Crippen LogP contribution in [-0.2, 0) is 0 Å². The van der Waals surface area contributed by atoms with E-state index in [4.69, 9.17) is 5.73 Å². The van der Waals surface area contributed by atoms with Crippen LogP contribution in [0.4, 0.5) is 0 Å². The Morgan fingerprint density at radius 2 is 1.83 bits per heavy atom. The molecule has 0 unspecified atom stereocenters. The Kier molecular flexibility index (Phi) is 8.19. The molecular formula is C10H22N2. The number of nitrogens with two attached hydrogens (primary N) is 1. The molecule has 0 saturated carbocycles. The quantitative estimate of drug-likeness (QED) is 0.356. The van der Waals surface area contributed by atoms with Gasteiger partial charge < -0.3 is 5.73 Å². The molecule has 0 aromatic heterocycles. The second kappa shape index (κ2) is 8.57. The Bertz CT molecular complexity index is 119. The lowest BCUT2D eigenvalue weighted by atomic mass is 10.2. The zero-order valence-electron chi connectivity index (χ0n) is 8.47. The topological polar surface area (TPSA) is 38.4 Å². The van der Waals surface area contributed by atoms with E-state index >= 15 is 0 Å². The number of unbranched alkanes of at least 4 members (excludes halogenated alkanes) is 3. The zero-order chi connectivity index (χ0) is 9.23. The second-order valence-electron chi connectivity index (χ2n) is 3.18. The SMILES string of the molecule is CCCCCCN=C(N)CCC. The number of rotatable bonds is 7. The van der Waals surface area contributed by atoms with E-state index in [2.05, 4.69) is 18.8 Å². The van der Waals surface area contributed by atoms with Gasteiger partial charge in [-0.3, -0.25) is 4.99 Å². The maximum Gasteiger partial charge on any atom is 0.0936 e. The van der Waals surface area contributed by atoms with E-state index in [1.165, 1.54) is 25.7 Å². The van der Waals surface area contributed by atoms with Gasteiger partial charge in [-0.2, -0.15) is 0 Å². The van der Waals surface area contributed by atoms with Crippen molar-refractivity contribution in [1.29, 1.82) is 0 Å². The van der Waals surface area contributed by atoms with Crippen molar-refractivity contribution in [3.05, 3.63) is 0 Å². The summed E-state index contributed by atoms with van der Waals surface area (Å²) in [6.45, 7) is 5.26. The van der Waals surface area contributed by atoms with E-state index in [9.17, 15) is 0 Å². The molecule has 0 fully saturated rings. The van der Waals surface area contributed by atoms with Crippen molar-refractivity contribution in [3.8, 4) is 0 Å². The second-order valence-corrected chi connectivity index (χ2v) is 3.18. The Labute approximate surface area is 76.3 Å². The molecule has 0 aliphatic carbocycles. The molecule has 0 saturated heterocycles. The summed E-state index contributed by atoms with van der Waals surface area (Å²) in [6, 6.07) is 0. The Morgan fingerprint density at radius 1 is 1.08 bits per heavy atom. The fourth-order valence-electron chi connectivity index (χ4n) is 1.10. The molecule has 0 aliphatic heterocycles. The van der Waals surface area contributed by atoms with Crippen molar-refractivity contribution < 1.29 is 0 Å². The molecule has 0 spiro atoms. The van der Waals surface area contributed by atoms with Gasteiger partial charge in [0.1, 0.15) is 0 Å². The van der Waals surface area contributed by atoms with Crippen molar-refractivity contribution in [2.45, 2.75) is 52.4 Å². The summed E-state index contributed by atoms with van der Waals surface area (Å²) in [5.41, 5.74) is 5.65. The predicted molar refractivity (Wildman–Crippen MR) is 55.5 cm³/mol. The van der Waals surface area contributed by atoms with E-state index in [0.29, 0.717) is 0 Å². The first kappa shape index (κ1) is 11.5. The summed E-state index contributed by atoms with van der Waals surface area (Å²) in [6.07, 6.45) is 7.15. The summed E-state index contributed by atoms with van der Waals surface area (Å²) >= 11 is 0. The molecule has 0 heterocycles. The molecule has 0 radical (unpaired) electrons. The maximum absolute atomic E-state index is 5.65. The Hall–Kier alpha value is -0.530. The van der Waals surface area contributed by atoms with E-state index in [0.717, 1.165) is 25.2 Å². The molecule has 0 bridgehead atoms. The molecule has 0 rings (SSSR count). The highest BCUT2D eigenvalue weighted by Gasteiger charge is 1.89. The highest BCUT2D eigenvalue weighted by molar-refractivity contribution is 5.80. The predicted octanol–water partition coefficient (Wildman–Crippen LogP) is 2.72. The lowest BCUT2D eigenvalue weighted by Crippen LogP contribution is -2.11. The van der Waals surface area contributed by atoms with Crippen molar-refractivity contribution in [1.82, 2.24) is 0 Å². The van der Waals surface area contributed by atoms with E-state index < -0.39 is 0 Å². The monoisotopic (exact) mass is 170 g/mol. The molecule has 0 aliphatic rings. The minimum absolute atomic E-state index is 0.828.